The first-order chi connectivity index (χ1) is 8.24. The predicted molar refractivity (Wildman–Crippen MR) is 64.9 cm³/mol. The predicted octanol–water partition coefficient (Wildman–Crippen LogP) is 1.26. The summed E-state index contributed by atoms with van der Waals surface area (Å²) in [6, 6.07) is -0.0970. The lowest BCUT2D eigenvalue weighted by Crippen LogP contribution is -2.24. The molecule has 17 heavy (non-hydrogen) atoms. The Morgan fingerprint density at radius 2 is 2.12 bits per heavy atom. The van der Waals surface area contributed by atoms with Gasteiger partial charge in [-0.1, -0.05) is 18.5 Å². The summed E-state index contributed by atoms with van der Waals surface area (Å²) < 4.78 is 0. The molecule has 0 aliphatic carbocycles. The molecule has 2 aromatic heterocycles. The molecular weight excluding hydrogens is 242 g/mol. The fourth-order valence-electron chi connectivity index (χ4n) is 1.35. The average molecular weight is 254 g/mol. The summed E-state index contributed by atoms with van der Waals surface area (Å²) >= 11 is 5.98. The fourth-order valence-corrected chi connectivity index (χ4v) is 1.57. The van der Waals surface area contributed by atoms with Crippen molar-refractivity contribution >= 4 is 28.7 Å². The second-order valence-electron chi connectivity index (χ2n) is 3.50. The van der Waals surface area contributed by atoms with Crippen LogP contribution in [0, 0.1) is 0 Å². The zero-order chi connectivity index (χ0) is 12.3. The molecule has 0 aliphatic rings. The first-order valence-corrected chi connectivity index (χ1v) is 5.64. The fraction of sp³-hybridized carbons (Fsp3) is 0.400. The molecule has 0 fully saturated rings. The van der Waals surface area contributed by atoms with E-state index < -0.39 is 0 Å². The maximum Gasteiger partial charge on any atom is 0.226 e. The summed E-state index contributed by atoms with van der Waals surface area (Å²) in [5.41, 5.74) is 0.902. The molecule has 1 unspecified atom stereocenters. The van der Waals surface area contributed by atoms with Gasteiger partial charge in [0, 0.05) is 12.4 Å². The molecule has 0 spiro atoms. The quantitative estimate of drug-likeness (QED) is 0.798. The topological polar surface area (TPSA) is 83.8 Å². The van der Waals surface area contributed by atoms with Gasteiger partial charge >= 0.3 is 0 Å². The summed E-state index contributed by atoms with van der Waals surface area (Å²) in [5, 5.41) is 12.3. The molecular formula is C10H12ClN5O. The average Bonchev–Trinajstić information content (AvgIpc) is 2.36. The van der Waals surface area contributed by atoms with Crippen LogP contribution < -0.4 is 5.32 Å². The van der Waals surface area contributed by atoms with Crippen molar-refractivity contribution < 1.29 is 5.11 Å². The number of aliphatic hydroxyl groups excluding tert-OH is 1. The maximum absolute atomic E-state index is 9.09. The van der Waals surface area contributed by atoms with Crippen LogP contribution in [-0.4, -0.2) is 37.7 Å². The summed E-state index contributed by atoms with van der Waals surface area (Å²) in [5.74, 6) is 0.351. The van der Waals surface area contributed by atoms with Crippen LogP contribution in [0.1, 0.15) is 13.3 Å². The van der Waals surface area contributed by atoms with Gasteiger partial charge in [-0.25, -0.2) is 9.97 Å². The highest BCUT2D eigenvalue weighted by Gasteiger charge is 2.10. The third-order valence-corrected chi connectivity index (χ3v) is 2.60. The van der Waals surface area contributed by atoms with Gasteiger partial charge in [0.15, 0.2) is 10.8 Å². The molecule has 0 aromatic carbocycles. The molecule has 1 atom stereocenters. The van der Waals surface area contributed by atoms with Crippen LogP contribution in [0.3, 0.4) is 0 Å². The van der Waals surface area contributed by atoms with Crippen molar-refractivity contribution in [2.75, 3.05) is 11.9 Å². The molecule has 6 nitrogen and oxygen atoms in total. The van der Waals surface area contributed by atoms with E-state index in [1.807, 2.05) is 6.92 Å². The number of hydrogen-bond acceptors (Lipinski definition) is 6. The van der Waals surface area contributed by atoms with Crippen molar-refractivity contribution in [3.05, 3.63) is 17.5 Å². The standard InChI is InChI=1S/C10H12ClN5O/c1-2-6(5-17)14-10-15-8(11)7-9(16-10)13-4-3-12-7/h3-4,6,17H,2,5H2,1H3,(H,13,14,15,16). The number of fused-ring (bicyclic) bond motifs is 1. The van der Waals surface area contributed by atoms with Crippen molar-refractivity contribution in [2.45, 2.75) is 19.4 Å². The summed E-state index contributed by atoms with van der Waals surface area (Å²) in [4.78, 5) is 16.4. The Morgan fingerprint density at radius 1 is 1.35 bits per heavy atom. The van der Waals surface area contributed by atoms with Gasteiger partial charge in [0.1, 0.15) is 5.52 Å². The van der Waals surface area contributed by atoms with Gasteiger partial charge in [-0.2, -0.15) is 9.97 Å². The van der Waals surface area contributed by atoms with Gasteiger partial charge in [0.2, 0.25) is 5.95 Å². The number of nitrogens with one attached hydrogen (secondary N) is 1. The molecule has 0 saturated heterocycles. The first-order valence-electron chi connectivity index (χ1n) is 5.26. The molecule has 2 N–H and O–H groups in total. The maximum atomic E-state index is 9.09. The molecule has 0 amide bonds. The summed E-state index contributed by atoms with van der Waals surface area (Å²) in [7, 11) is 0. The molecule has 2 heterocycles. The molecule has 0 radical (unpaired) electrons. The second kappa shape index (κ2) is 5.20. The van der Waals surface area contributed by atoms with E-state index in [1.165, 1.54) is 6.20 Å². The first kappa shape index (κ1) is 11.9. The molecule has 0 aliphatic heterocycles. The lowest BCUT2D eigenvalue weighted by atomic mass is 10.2. The van der Waals surface area contributed by atoms with E-state index in [0.717, 1.165) is 6.42 Å². The highest BCUT2D eigenvalue weighted by Crippen LogP contribution is 2.18. The van der Waals surface area contributed by atoms with Crippen molar-refractivity contribution in [3.8, 4) is 0 Å². The molecule has 0 bridgehead atoms. The lowest BCUT2D eigenvalue weighted by Gasteiger charge is -2.13. The van der Waals surface area contributed by atoms with Crippen LogP contribution in [0.15, 0.2) is 12.4 Å². The van der Waals surface area contributed by atoms with Crippen LogP contribution in [0.4, 0.5) is 5.95 Å². The van der Waals surface area contributed by atoms with E-state index in [4.69, 9.17) is 16.7 Å². The van der Waals surface area contributed by atoms with E-state index in [0.29, 0.717) is 17.1 Å². The highest BCUT2D eigenvalue weighted by molar-refractivity contribution is 6.33. The third-order valence-electron chi connectivity index (χ3n) is 2.34. The number of aromatic nitrogens is 4. The SMILES string of the molecule is CCC(CO)Nc1nc(Cl)c2nccnc2n1. The Labute approximate surface area is 103 Å². The zero-order valence-corrected chi connectivity index (χ0v) is 10.0. The normalized spacial score (nSPS) is 12.6. The second-order valence-corrected chi connectivity index (χ2v) is 3.86. The van der Waals surface area contributed by atoms with Crippen molar-refractivity contribution in [1.82, 2.24) is 19.9 Å². The third kappa shape index (κ3) is 2.59. The molecule has 0 saturated carbocycles. The Kier molecular flexibility index (Phi) is 3.65. The largest absolute Gasteiger partial charge is 0.394 e. The van der Waals surface area contributed by atoms with E-state index in [-0.39, 0.29) is 17.8 Å². The van der Waals surface area contributed by atoms with Crippen LogP contribution in [0.2, 0.25) is 5.15 Å². The summed E-state index contributed by atoms with van der Waals surface area (Å²) in [6.07, 6.45) is 3.84. The van der Waals surface area contributed by atoms with Gasteiger partial charge in [-0.15, -0.1) is 0 Å². The Bertz CT molecular complexity index is 517. The Morgan fingerprint density at radius 3 is 2.82 bits per heavy atom. The number of hydrogen-bond donors (Lipinski definition) is 2. The molecule has 90 valence electrons. The molecule has 2 rings (SSSR count). The minimum atomic E-state index is -0.0970. The van der Waals surface area contributed by atoms with Crippen molar-refractivity contribution in [3.63, 3.8) is 0 Å². The van der Waals surface area contributed by atoms with Gasteiger partial charge in [-0.3, -0.25) is 0 Å². The number of aliphatic hydroxyl groups is 1. The van der Waals surface area contributed by atoms with Crippen LogP contribution in [0.5, 0.6) is 0 Å². The van der Waals surface area contributed by atoms with Gasteiger partial charge < -0.3 is 10.4 Å². The molecule has 2 aromatic rings. The smallest absolute Gasteiger partial charge is 0.226 e. The van der Waals surface area contributed by atoms with Crippen molar-refractivity contribution in [1.29, 1.82) is 0 Å². The van der Waals surface area contributed by atoms with Gasteiger partial charge in [-0.05, 0) is 6.42 Å². The number of nitrogens with zero attached hydrogens (tertiary/aromatic N) is 4. The number of rotatable bonds is 4. The lowest BCUT2D eigenvalue weighted by molar-refractivity contribution is 0.271. The van der Waals surface area contributed by atoms with Crippen LogP contribution in [0.25, 0.3) is 11.2 Å². The minimum absolute atomic E-state index is 0.00991. The van der Waals surface area contributed by atoms with E-state index >= 15 is 0 Å². The Hall–Kier alpha value is -1.53. The van der Waals surface area contributed by atoms with Crippen LogP contribution in [-0.2, 0) is 0 Å². The number of anilines is 1. The summed E-state index contributed by atoms with van der Waals surface area (Å²) in [6.45, 7) is 1.96. The zero-order valence-electron chi connectivity index (χ0n) is 9.26. The van der Waals surface area contributed by atoms with Crippen molar-refractivity contribution in [2.24, 2.45) is 0 Å². The van der Waals surface area contributed by atoms with Gasteiger partial charge in [0.05, 0.1) is 12.6 Å². The van der Waals surface area contributed by atoms with E-state index in [2.05, 4.69) is 25.3 Å². The van der Waals surface area contributed by atoms with E-state index in [9.17, 15) is 0 Å². The molecule has 7 heteroatoms. The van der Waals surface area contributed by atoms with Gasteiger partial charge in [0.25, 0.3) is 0 Å². The number of halogens is 1. The van der Waals surface area contributed by atoms with Crippen LogP contribution >= 0.6 is 11.6 Å². The Balaban J connectivity index is 2.36. The van der Waals surface area contributed by atoms with E-state index in [1.54, 1.807) is 6.20 Å². The monoisotopic (exact) mass is 253 g/mol. The minimum Gasteiger partial charge on any atom is -0.394 e. The highest BCUT2D eigenvalue weighted by atomic mass is 35.5.